The van der Waals surface area contributed by atoms with Gasteiger partial charge < -0.3 is 14.4 Å². The maximum atomic E-state index is 6.27. The molecule has 0 atom stereocenters. The number of aryl methyl sites for hydroxylation is 7. The molecule has 0 saturated carbocycles. The van der Waals surface area contributed by atoms with Crippen molar-refractivity contribution in [2.45, 2.75) is 48.5 Å². The zero-order valence-corrected chi connectivity index (χ0v) is 29.1. The average Bonchev–Trinajstić information content (AvgIpc) is 3.39. The Balaban J connectivity index is 0.000000212. The summed E-state index contributed by atoms with van der Waals surface area (Å²) >= 11 is 0. The molecular formula is C40H35IrN3O-2. The van der Waals surface area contributed by atoms with Crippen LogP contribution in [0.3, 0.4) is 0 Å². The molecule has 4 heterocycles. The second-order valence-corrected chi connectivity index (χ2v) is 11.5. The van der Waals surface area contributed by atoms with Gasteiger partial charge in [-0.25, -0.2) is 4.98 Å². The van der Waals surface area contributed by atoms with Gasteiger partial charge in [0.2, 0.25) is 5.71 Å². The second-order valence-electron chi connectivity index (χ2n) is 11.5. The van der Waals surface area contributed by atoms with Gasteiger partial charge in [0.15, 0.2) is 0 Å². The SMILES string of the molecule is Cc1c[c-]c(-c2cc(C)c(C)cn2)cc1.Cc1ccc(-c2[c-]ccc3c2oc2nc(-c4c(C)cccc4C)ccc23)nc1C.[Ir]. The number of fused-ring (bicyclic) bond motifs is 3. The van der Waals surface area contributed by atoms with Crippen molar-refractivity contribution in [3.05, 3.63) is 136 Å². The van der Waals surface area contributed by atoms with Crippen molar-refractivity contribution in [3.8, 4) is 33.8 Å². The van der Waals surface area contributed by atoms with Crippen molar-refractivity contribution < 1.29 is 24.5 Å². The van der Waals surface area contributed by atoms with E-state index in [4.69, 9.17) is 14.4 Å². The molecule has 0 fully saturated rings. The Hall–Kier alpha value is -4.44. The van der Waals surface area contributed by atoms with Crippen LogP contribution in [-0.4, -0.2) is 15.0 Å². The van der Waals surface area contributed by atoms with Gasteiger partial charge in [0, 0.05) is 42.9 Å². The van der Waals surface area contributed by atoms with Gasteiger partial charge in [0.05, 0.1) is 11.3 Å². The molecule has 0 spiro atoms. The molecule has 0 aliphatic heterocycles. The van der Waals surface area contributed by atoms with E-state index in [1.165, 1.54) is 33.4 Å². The van der Waals surface area contributed by atoms with Crippen LogP contribution in [0.15, 0.2) is 89.5 Å². The van der Waals surface area contributed by atoms with E-state index in [9.17, 15) is 0 Å². The molecule has 3 aromatic carbocycles. The van der Waals surface area contributed by atoms with E-state index in [1.807, 2.05) is 37.4 Å². The van der Waals surface area contributed by atoms with Crippen LogP contribution in [0, 0.1) is 60.6 Å². The fourth-order valence-corrected chi connectivity index (χ4v) is 5.37. The van der Waals surface area contributed by atoms with Crippen molar-refractivity contribution in [2.24, 2.45) is 0 Å². The second kappa shape index (κ2) is 13.3. The first kappa shape index (κ1) is 32.0. The van der Waals surface area contributed by atoms with E-state index in [-0.39, 0.29) is 20.1 Å². The number of nitrogens with zero attached hydrogens (tertiary/aromatic N) is 3. The summed E-state index contributed by atoms with van der Waals surface area (Å²) in [7, 11) is 0. The monoisotopic (exact) mass is 766 g/mol. The number of pyridine rings is 3. The molecule has 45 heavy (non-hydrogen) atoms. The van der Waals surface area contributed by atoms with Gasteiger partial charge in [-0.3, -0.25) is 0 Å². The minimum atomic E-state index is 0. The summed E-state index contributed by atoms with van der Waals surface area (Å²) in [6.45, 7) is 14.6. The van der Waals surface area contributed by atoms with Crippen LogP contribution in [-0.2, 0) is 20.1 Å². The summed E-state index contributed by atoms with van der Waals surface area (Å²) in [5.41, 5.74) is 15.6. The van der Waals surface area contributed by atoms with Gasteiger partial charge in [-0.2, -0.15) is 0 Å². The zero-order valence-electron chi connectivity index (χ0n) is 26.7. The van der Waals surface area contributed by atoms with Gasteiger partial charge in [-0.1, -0.05) is 59.8 Å². The van der Waals surface area contributed by atoms with Crippen molar-refractivity contribution in [2.75, 3.05) is 0 Å². The number of aromatic nitrogens is 3. The van der Waals surface area contributed by atoms with Crippen LogP contribution in [0.4, 0.5) is 0 Å². The molecule has 0 aliphatic rings. The molecular weight excluding hydrogens is 731 g/mol. The Morgan fingerprint density at radius 3 is 2.07 bits per heavy atom. The molecule has 1 radical (unpaired) electrons. The molecule has 0 unspecified atom stereocenters. The first-order valence-corrected chi connectivity index (χ1v) is 14.9. The van der Waals surface area contributed by atoms with E-state index in [2.05, 4.69) is 113 Å². The van der Waals surface area contributed by atoms with Crippen LogP contribution in [0.2, 0.25) is 0 Å². The molecule has 7 aromatic rings. The minimum absolute atomic E-state index is 0. The minimum Gasteiger partial charge on any atom is -0.486 e. The molecule has 0 bridgehead atoms. The average molecular weight is 766 g/mol. The standard InChI is InChI=1S/C26H21N2O.C14H14N.Ir/c1-15-11-13-22(27-18(15)4)21-10-6-9-19-20-12-14-23(28-26(20)29-25(19)21)24-16(2)7-5-8-17(24)3;1-10-4-6-13(7-5-10)14-8-11(2)12(3)9-15-14;/h5-9,11-14H,1-4H3;4-6,8-9H,1-3H3;/q2*-1;. The maximum absolute atomic E-state index is 6.27. The van der Waals surface area contributed by atoms with Crippen LogP contribution >= 0.6 is 0 Å². The van der Waals surface area contributed by atoms with E-state index >= 15 is 0 Å². The van der Waals surface area contributed by atoms with Crippen LogP contribution < -0.4 is 0 Å². The first-order valence-electron chi connectivity index (χ1n) is 14.9. The topological polar surface area (TPSA) is 51.8 Å². The summed E-state index contributed by atoms with van der Waals surface area (Å²) in [6, 6.07) is 33.4. The third-order valence-corrected chi connectivity index (χ3v) is 8.26. The molecule has 0 aliphatic carbocycles. The normalized spacial score (nSPS) is 10.8. The summed E-state index contributed by atoms with van der Waals surface area (Å²) in [5, 5.41) is 2.04. The Morgan fingerprint density at radius 1 is 0.622 bits per heavy atom. The molecule has 0 N–H and O–H groups in total. The third kappa shape index (κ3) is 6.51. The summed E-state index contributed by atoms with van der Waals surface area (Å²) in [6.07, 6.45) is 1.92. The van der Waals surface area contributed by atoms with Crippen molar-refractivity contribution >= 4 is 22.1 Å². The van der Waals surface area contributed by atoms with E-state index in [1.54, 1.807) is 0 Å². The largest absolute Gasteiger partial charge is 0.486 e. The van der Waals surface area contributed by atoms with Crippen molar-refractivity contribution in [1.29, 1.82) is 0 Å². The third-order valence-electron chi connectivity index (χ3n) is 8.26. The number of rotatable bonds is 3. The molecule has 227 valence electrons. The van der Waals surface area contributed by atoms with Crippen LogP contribution in [0.1, 0.15) is 39.1 Å². The van der Waals surface area contributed by atoms with Gasteiger partial charge >= 0.3 is 0 Å². The Bertz CT molecular complexity index is 2120. The zero-order chi connectivity index (χ0) is 31.0. The molecule has 4 nitrogen and oxygen atoms in total. The van der Waals surface area contributed by atoms with E-state index < -0.39 is 0 Å². The van der Waals surface area contributed by atoms with Crippen molar-refractivity contribution in [1.82, 2.24) is 15.0 Å². The van der Waals surface area contributed by atoms with Gasteiger partial charge in [-0.15, -0.1) is 53.6 Å². The smallest absolute Gasteiger partial charge is 0.216 e. The summed E-state index contributed by atoms with van der Waals surface area (Å²) in [5.74, 6) is 0. The van der Waals surface area contributed by atoms with Crippen LogP contribution in [0.5, 0.6) is 0 Å². The molecule has 4 aromatic heterocycles. The fourth-order valence-electron chi connectivity index (χ4n) is 5.37. The van der Waals surface area contributed by atoms with Crippen LogP contribution in [0.25, 0.3) is 55.8 Å². The molecule has 7 rings (SSSR count). The fraction of sp³-hybridized carbons (Fsp3) is 0.175. The molecule has 0 amide bonds. The molecule has 0 saturated heterocycles. The predicted octanol–water partition coefficient (Wildman–Crippen LogP) is 10.2. The number of furan rings is 1. The maximum Gasteiger partial charge on any atom is 0.216 e. The first-order chi connectivity index (χ1) is 21.2. The number of benzene rings is 3. The van der Waals surface area contributed by atoms with Gasteiger partial charge in [0.25, 0.3) is 0 Å². The predicted molar refractivity (Wildman–Crippen MR) is 181 cm³/mol. The summed E-state index contributed by atoms with van der Waals surface area (Å²) in [4.78, 5) is 14.0. The Labute approximate surface area is 279 Å². The van der Waals surface area contributed by atoms with Crippen molar-refractivity contribution in [3.63, 3.8) is 0 Å². The molecule has 5 heteroatoms. The van der Waals surface area contributed by atoms with E-state index in [0.717, 1.165) is 55.8 Å². The number of hydrogen-bond acceptors (Lipinski definition) is 4. The quantitative estimate of drug-likeness (QED) is 0.168. The Kier molecular flexibility index (Phi) is 9.43. The van der Waals surface area contributed by atoms with Gasteiger partial charge in [-0.05, 0) is 87.3 Å². The van der Waals surface area contributed by atoms with E-state index in [0.29, 0.717) is 5.71 Å². The Morgan fingerprint density at radius 2 is 1.38 bits per heavy atom. The number of hydrogen-bond donors (Lipinski definition) is 0. The van der Waals surface area contributed by atoms with Gasteiger partial charge in [0.1, 0.15) is 0 Å². The summed E-state index contributed by atoms with van der Waals surface area (Å²) < 4.78 is 6.27.